The molecule has 3 N–H and O–H groups in total. The summed E-state index contributed by atoms with van der Waals surface area (Å²) in [6, 6.07) is 6.21. The van der Waals surface area contributed by atoms with E-state index in [1.54, 1.807) is 38.1 Å². The highest BCUT2D eigenvalue weighted by Crippen LogP contribution is 2.20. The number of nitrogens with one attached hydrogen (secondary N) is 2. The number of esters is 1. The van der Waals surface area contributed by atoms with Crippen molar-refractivity contribution >= 4 is 46.8 Å². The van der Waals surface area contributed by atoms with Crippen molar-refractivity contribution in [3.8, 4) is 0 Å². The number of carbonyl (C=O) groups excluding carboxylic acids is 1. The monoisotopic (exact) mass is 422 g/mol. The van der Waals surface area contributed by atoms with E-state index < -0.39 is 18.0 Å². The van der Waals surface area contributed by atoms with Crippen LogP contribution in [0.4, 0.5) is 5.95 Å². The molecule has 0 unspecified atom stereocenters. The predicted octanol–water partition coefficient (Wildman–Crippen LogP) is 3.12. The maximum atomic E-state index is 11.8. The summed E-state index contributed by atoms with van der Waals surface area (Å²) < 4.78 is 4.93. The molecule has 1 aromatic heterocycles. The van der Waals surface area contributed by atoms with Crippen molar-refractivity contribution in [2.75, 3.05) is 11.9 Å². The van der Waals surface area contributed by atoms with Crippen molar-refractivity contribution in [1.82, 2.24) is 15.3 Å². The van der Waals surface area contributed by atoms with Crippen LogP contribution in [0.25, 0.3) is 0 Å². The second-order valence-electron chi connectivity index (χ2n) is 5.71. The fourth-order valence-electron chi connectivity index (χ4n) is 2.35. The Morgan fingerprint density at radius 2 is 2.00 bits per heavy atom. The lowest BCUT2D eigenvalue weighted by Crippen LogP contribution is -2.34. The van der Waals surface area contributed by atoms with Gasteiger partial charge in [-0.3, -0.25) is 4.79 Å². The highest BCUT2D eigenvalue weighted by atomic mass is 35.5. The van der Waals surface area contributed by atoms with Gasteiger partial charge < -0.3 is 20.5 Å². The molecule has 2 aromatic rings. The number of anilines is 1. The van der Waals surface area contributed by atoms with E-state index in [2.05, 4.69) is 20.6 Å². The van der Waals surface area contributed by atoms with Crippen LogP contribution in [0.1, 0.15) is 41.0 Å². The summed E-state index contributed by atoms with van der Waals surface area (Å²) in [5, 5.41) is 15.6. The first-order valence-corrected chi connectivity index (χ1v) is 9.14. The Hall–Kier alpha value is -2.78. The van der Waals surface area contributed by atoms with Crippen molar-refractivity contribution in [3.63, 3.8) is 0 Å². The SMILES string of the molecule is CCOC(=O)c1cnc(NC(=S)N[C@H](CC(=O)O)c2ccc(Cl)cc2)nc1C. The molecule has 0 spiro atoms. The van der Waals surface area contributed by atoms with Crippen molar-refractivity contribution in [2.45, 2.75) is 26.3 Å². The third-order valence-corrected chi connectivity index (χ3v) is 4.13. The zero-order valence-corrected chi connectivity index (χ0v) is 16.8. The number of hydrogen-bond acceptors (Lipinski definition) is 6. The van der Waals surface area contributed by atoms with Gasteiger partial charge in [-0.2, -0.15) is 0 Å². The summed E-state index contributed by atoms with van der Waals surface area (Å²) in [5.74, 6) is -1.31. The Morgan fingerprint density at radius 1 is 1.32 bits per heavy atom. The van der Waals surface area contributed by atoms with Crippen LogP contribution in [0, 0.1) is 6.92 Å². The fourth-order valence-corrected chi connectivity index (χ4v) is 2.71. The molecule has 8 nitrogen and oxygen atoms in total. The topological polar surface area (TPSA) is 113 Å². The highest BCUT2D eigenvalue weighted by molar-refractivity contribution is 7.80. The molecule has 148 valence electrons. The first-order chi connectivity index (χ1) is 13.3. The number of nitrogens with zero attached hydrogens (tertiary/aromatic N) is 2. The number of carboxylic acid groups (broad SMARTS) is 1. The number of carboxylic acids is 1. The summed E-state index contributed by atoms with van der Waals surface area (Å²) in [6.45, 7) is 3.61. The van der Waals surface area contributed by atoms with Gasteiger partial charge in [0.1, 0.15) is 0 Å². The molecule has 10 heteroatoms. The van der Waals surface area contributed by atoms with E-state index in [-0.39, 0.29) is 29.7 Å². The van der Waals surface area contributed by atoms with Gasteiger partial charge in [0, 0.05) is 11.2 Å². The Bertz CT molecular complexity index is 876. The molecule has 0 saturated carbocycles. The molecule has 2 rings (SSSR count). The Kier molecular flexibility index (Phi) is 7.65. The lowest BCUT2D eigenvalue weighted by Gasteiger charge is -2.19. The Labute approximate surface area is 172 Å². The molecule has 1 heterocycles. The lowest BCUT2D eigenvalue weighted by atomic mass is 10.0. The Balaban J connectivity index is 2.09. The zero-order valence-electron chi connectivity index (χ0n) is 15.2. The van der Waals surface area contributed by atoms with Crippen LogP contribution in [-0.2, 0) is 9.53 Å². The minimum absolute atomic E-state index is 0.143. The van der Waals surface area contributed by atoms with Gasteiger partial charge in [-0.15, -0.1) is 0 Å². The van der Waals surface area contributed by atoms with Crippen LogP contribution >= 0.6 is 23.8 Å². The molecule has 0 amide bonds. The van der Waals surface area contributed by atoms with Crippen molar-refractivity contribution in [3.05, 3.63) is 52.3 Å². The summed E-state index contributed by atoms with van der Waals surface area (Å²) in [4.78, 5) is 31.2. The molecule has 0 fully saturated rings. The smallest absolute Gasteiger partial charge is 0.341 e. The second kappa shape index (κ2) is 9.95. The lowest BCUT2D eigenvalue weighted by molar-refractivity contribution is -0.137. The molecule has 0 bridgehead atoms. The maximum Gasteiger partial charge on any atom is 0.341 e. The number of halogens is 1. The molecule has 0 aliphatic rings. The van der Waals surface area contributed by atoms with Gasteiger partial charge in [-0.1, -0.05) is 23.7 Å². The largest absolute Gasteiger partial charge is 0.481 e. The van der Waals surface area contributed by atoms with Gasteiger partial charge in [-0.05, 0) is 43.8 Å². The highest BCUT2D eigenvalue weighted by Gasteiger charge is 2.18. The van der Waals surface area contributed by atoms with E-state index in [1.165, 1.54) is 6.20 Å². The number of aryl methyl sites for hydroxylation is 1. The predicted molar refractivity (Wildman–Crippen MR) is 109 cm³/mol. The number of carbonyl (C=O) groups is 2. The number of thiocarbonyl (C=S) groups is 1. The number of aromatic nitrogens is 2. The zero-order chi connectivity index (χ0) is 20.7. The van der Waals surface area contributed by atoms with Gasteiger partial charge in [0.05, 0.1) is 30.3 Å². The van der Waals surface area contributed by atoms with Gasteiger partial charge in [-0.25, -0.2) is 14.8 Å². The van der Waals surface area contributed by atoms with Crippen LogP contribution in [0.5, 0.6) is 0 Å². The minimum atomic E-state index is -0.985. The molecule has 0 radical (unpaired) electrons. The molecule has 0 saturated heterocycles. The fraction of sp³-hybridized carbons (Fsp3) is 0.278. The summed E-state index contributed by atoms with van der Waals surface area (Å²) in [6.07, 6.45) is 1.16. The van der Waals surface area contributed by atoms with Crippen molar-refractivity contribution in [2.24, 2.45) is 0 Å². The van der Waals surface area contributed by atoms with Crippen LogP contribution in [0.2, 0.25) is 5.02 Å². The first kappa shape index (κ1) is 21.5. The van der Waals surface area contributed by atoms with Crippen LogP contribution < -0.4 is 10.6 Å². The number of ether oxygens (including phenoxy) is 1. The maximum absolute atomic E-state index is 11.8. The second-order valence-corrected chi connectivity index (χ2v) is 6.56. The third-order valence-electron chi connectivity index (χ3n) is 3.66. The quantitative estimate of drug-likeness (QED) is 0.457. The van der Waals surface area contributed by atoms with E-state index in [0.717, 1.165) is 0 Å². The van der Waals surface area contributed by atoms with Crippen molar-refractivity contribution < 1.29 is 19.4 Å². The van der Waals surface area contributed by atoms with Gasteiger partial charge in [0.25, 0.3) is 0 Å². The van der Waals surface area contributed by atoms with Crippen LogP contribution in [0.15, 0.2) is 30.5 Å². The standard InChI is InChI=1S/C18H19ClN4O4S/c1-3-27-16(26)13-9-20-17(21-10(13)2)23-18(28)22-14(8-15(24)25)11-4-6-12(19)7-5-11/h4-7,9,14H,3,8H2,1-2H3,(H,24,25)(H2,20,21,22,23,28)/t14-/m1/s1. The van der Waals surface area contributed by atoms with E-state index in [1.807, 2.05) is 0 Å². The molecular formula is C18H19ClN4O4S. The first-order valence-electron chi connectivity index (χ1n) is 8.35. The molecule has 28 heavy (non-hydrogen) atoms. The van der Waals surface area contributed by atoms with Crippen molar-refractivity contribution in [1.29, 1.82) is 0 Å². The molecule has 0 aliphatic heterocycles. The van der Waals surface area contributed by atoms with E-state index >= 15 is 0 Å². The van der Waals surface area contributed by atoms with Gasteiger partial charge in [0.2, 0.25) is 5.95 Å². The molecule has 0 aliphatic carbocycles. The summed E-state index contributed by atoms with van der Waals surface area (Å²) >= 11 is 11.1. The van der Waals surface area contributed by atoms with Gasteiger partial charge in [0.15, 0.2) is 5.11 Å². The van der Waals surface area contributed by atoms with E-state index in [4.69, 9.17) is 33.7 Å². The normalized spacial score (nSPS) is 11.4. The summed E-state index contributed by atoms with van der Waals surface area (Å²) in [5.41, 5.74) is 1.40. The third kappa shape index (κ3) is 6.14. The average Bonchev–Trinajstić information content (AvgIpc) is 2.61. The Morgan fingerprint density at radius 3 is 2.57 bits per heavy atom. The number of rotatable bonds is 7. The van der Waals surface area contributed by atoms with E-state index in [0.29, 0.717) is 16.3 Å². The number of benzene rings is 1. The van der Waals surface area contributed by atoms with Crippen LogP contribution in [-0.4, -0.2) is 38.7 Å². The average molecular weight is 423 g/mol. The molecule has 1 aromatic carbocycles. The molecular weight excluding hydrogens is 404 g/mol. The minimum Gasteiger partial charge on any atom is -0.481 e. The van der Waals surface area contributed by atoms with Crippen LogP contribution in [0.3, 0.4) is 0 Å². The van der Waals surface area contributed by atoms with Gasteiger partial charge >= 0.3 is 11.9 Å². The number of hydrogen-bond donors (Lipinski definition) is 3. The van der Waals surface area contributed by atoms with E-state index in [9.17, 15) is 9.59 Å². The molecule has 1 atom stereocenters. The number of aliphatic carboxylic acids is 1. The summed E-state index contributed by atoms with van der Waals surface area (Å²) in [7, 11) is 0.